The standard InChI is InChI=1S/C10H23NO2/c1-5-7-9-12-10(3)11(4)13-8-6-2/h10H,5-9H2,1-4H3/t10-/m0/s1. The molecule has 0 aliphatic carbocycles. The molecule has 0 bridgehead atoms. The van der Waals surface area contributed by atoms with E-state index in [1.54, 1.807) is 5.06 Å². The van der Waals surface area contributed by atoms with E-state index in [0.29, 0.717) is 0 Å². The molecular weight excluding hydrogens is 166 g/mol. The molecule has 0 radical (unpaired) electrons. The largest absolute Gasteiger partial charge is 0.361 e. The van der Waals surface area contributed by atoms with E-state index < -0.39 is 0 Å². The van der Waals surface area contributed by atoms with E-state index in [-0.39, 0.29) is 6.23 Å². The molecule has 0 aliphatic heterocycles. The molecule has 0 rings (SSSR count). The molecule has 0 aromatic heterocycles. The van der Waals surface area contributed by atoms with Crippen molar-refractivity contribution in [1.29, 1.82) is 0 Å². The summed E-state index contributed by atoms with van der Waals surface area (Å²) in [5, 5.41) is 1.78. The average Bonchev–Trinajstić information content (AvgIpc) is 2.14. The molecule has 0 aromatic carbocycles. The normalized spacial score (nSPS) is 13.6. The molecule has 1 atom stereocenters. The van der Waals surface area contributed by atoms with Gasteiger partial charge in [-0.1, -0.05) is 20.3 Å². The lowest BCUT2D eigenvalue weighted by Gasteiger charge is -2.23. The third-order valence-electron chi connectivity index (χ3n) is 1.87. The van der Waals surface area contributed by atoms with Crippen LogP contribution in [0.4, 0.5) is 0 Å². The van der Waals surface area contributed by atoms with Crippen molar-refractivity contribution in [3.05, 3.63) is 0 Å². The lowest BCUT2D eigenvalue weighted by molar-refractivity contribution is -0.232. The predicted octanol–water partition coefficient (Wildman–Crippen LogP) is 2.42. The quantitative estimate of drug-likeness (QED) is 0.332. The molecule has 0 aromatic rings. The smallest absolute Gasteiger partial charge is 0.129 e. The number of hydrogen-bond donors (Lipinski definition) is 0. The molecule has 0 unspecified atom stereocenters. The Labute approximate surface area is 82.0 Å². The van der Waals surface area contributed by atoms with Crippen molar-refractivity contribution in [2.75, 3.05) is 20.3 Å². The zero-order valence-corrected chi connectivity index (χ0v) is 9.38. The van der Waals surface area contributed by atoms with Crippen LogP contribution >= 0.6 is 0 Å². The zero-order valence-electron chi connectivity index (χ0n) is 9.38. The van der Waals surface area contributed by atoms with E-state index in [4.69, 9.17) is 9.57 Å². The molecule has 0 saturated heterocycles. The first-order valence-corrected chi connectivity index (χ1v) is 5.19. The van der Waals surface area contributed by atoms with Crippen molar-refractivity contribution in [2.45, 2.75) is 46.3 Å². The first-order valence-electron chi connectivity index (χ1n) is 5.19. The van der Waals surface area contributed by atoms with Crippen LogP contribution in [0, 0.1) is 0 Å². The van der Waals surface area contributed by atoms with Crippen molar-refractivity contribution >= 4 is 0 Å². The molecule has 3 nitrogen and oxygen atoms in total. The van der Waals surface area contributed by atoms with Crippen molar-refractivity contribution in [3.8, 4) is 0 Å². The van der Waals surface area contributed by atoms with Gasteiger partial charge in [-0.15, -0.1) is 0 Å². The highest BCUT2D eigenvalue weighted by Crippen LogP contribution is 2.00. The Morgan fingerprint density at radius 1 is 1.15 bits per heavy atom. The van der Waals surface area contributed by atoms with E-state index in [9.17, 15) is 0 Å². The summed E-state index contributed by atoms with van der Waals surface area (Å²) in [6.45, 7) is 7.84. The zero-order chi connectivity index (χ0) is 10.1. The summed E-state index contributed by atoms with van der Waals surface area (Å²) in [5.74, 6) is 0. The van der Waals surface area contributed by atoms with Crippen LogP contribution in [0.25, 0.3) is 0 Å². The maximum Gasteiger partial charge on any atom is 0.129 e. The summed E-state index contributed by atoms with van der Waals surface area (Å²) in [6, 6.07) is 0. The van der Waals surface area contributed by atoms with Gasteiger partial charge in [-0.2, -0.15) is 5.06 Å². The van der Waals surface area contributed by atoms with Crippen molar-refractivity contribution < 1.29 is 9.57 Å². The van der Waals surface area contributed by atoms with E-state index in [2.05, 4.69) is 13.8 Å². The van der Waals surface area contributed by atoms with Gasteiger partial charge in [-0.05, 0) is 19.8 Å². The maximum atomic E-state index is 5.54. The van der Waals surface area contributed by atoms with Gasteiger partial charge >= 0.3 is 0 Å². The second-order valence-corrected chi connectivity index (χ2v) is 3.20. The fourth-order valence-corrected chi connectivity index (χ4v) is 0.843. The van der Waals surface area contributed by atoms with E-state index in [1.807, 2.05) is 14.0 Å². The number of ether oxygens (including phenoxy) is 1. The Kier molecular flexibility index (Phi) is 8.40. The van der Waals surface area contributed by atoms with E-state index in [0.717, 1.165) is 26.1 Å². The van der Waals surface area contributed by atoms with Crippen LogP contribution in [0.15, 0.2) is 0 Å². The molecule has 0 heterocycles. The molecule has 0 aliphatic rings. The minimum absolute atomic E-state index is 0.0538. The minimum atomic E-state index is 0.0538. The van der Waals surface area contributed by atoms with E-state index in [1.165, 1.54) is 6.42 Å². The highest BCUT2D eigenvalue weighted by atomic mass is 16.7. The molecule has 0 amide bonds. The summed E-state index contributed by atoms with van der Waals surface area (Å²) in [6.07, 6.45) is 3.38. The molecular formula is C10H23NO2. The van der Waals surface area contributed by atoms with Crippen molar-refractivity contribution in [2.24, 2.45) is 0 Å². The van der Waals surface area contributed by atoms with Crippen LogP contribution in [0.3, 0.4) is 0 Å². The number of unbranched alkanes of at least 4 members (excludes halogenated alkanes) is 1. The Morgan fingerprint density at radius 2 is 1.85 bits per heavy atom. The minimum Gasteiger partial charge on any atom is -0.361 e. The summed E-state index contributed by atoms with van der Waals surface area (Å²) in [4.78, 5) is 5.39. The molecule has 0 N–H and O–H groups in total. The van der Waals surface area contributed by atoms with Crippen LogP contribution in [0.2, 0.25) is 0 Å². The fourth-order valence-electron chi connectivity index (χ4n) is 0.843. The van der Waals surface area contributed by atoms with E-state index >= 15 is 0 Å². The Bertz CT molecular complexity index is 109. The van der Waals surface area contributed by atoms with Crippen LogP contribution < -0.4 is 0 Å². The lowest BCUT2D eigenvalue weighted by Crippen LogP contribution is -2.32. The Hall–Kier alpha value is -0.120. The topological polar surface area (TPSA) is 21.7 Å². The van der Waals surface area contributed by atoms with Crippen LogP contribution in [-0.2, 0) is 9.57 Å². The molecule has 0 saturated carbocycles. The first kappa shape index (κ1) is 12.9. The SMILES string of the molecule is CCCCO[C@@H](C)N(C)OCCC. The van der Waals surface area contributed by atoms with Crippen LogP contribution in [0.5, 0.6) is 0 Å². The van der Waals surface area contributed by atoms with Gasteiger partial charge in [0.05, 0.1) is 6.61 Å². The molecule has 0 fully saturated rings. The van der Waals surface area contributed by atoms with Crippen molar-refractivity contribution in [1.82, 2.24) is 5.06 Å². The Balaban J connectivity index is 3.38. The van der Waals surface area contributed by atoms with Gasteiger partial charge in [0, 0.05) is 13.7 Å². The van der Waals surface area contributed by atoms with Gasteiger partial charge < -0.3 is 4.74 Å². The summed E-state index contributed by atoms with van der Waals surface area (Å²) < 4.78 is 5.54. The fraction of sp³-hybridized carbons (Fsp3) is 1.00. The summed E-state index contributed by atoms with van der Waals surface area (Å²) >= 11 is 0. The molecule has 3 heteroatoms. The van der Waals surface area contributed by atoms with Crippen LogP contribution in [-0.4, -0.2) is 31.6 Å². The third-order valence-corrected chi connectivity index (χ3v) is 1.87. The third kappa shape index (κ3) is 6.99. The van der Waals surface area contributed by atoms with Gasteiger partial charge in [0.15, 0.2) is 0 Å². The van der Waals surface area contributed by atoms with Gasteiger partial charge in [0.2, 0.25) is 0 Å². The number of nitrogens with zero attached hydrogens (tertiary/aromatic N) is 1. The second kappa shape index (κ2) is 8.48. The van der Waals surface area contributed by atoms with Crippen molar-refractivity contribution in [3.63, 3.8) is 0 Å². The maximum absolute atomic E-state index is 5.54. The number of hydroxylamine groups is 2. The Morgan fingerprint density at radius 3 is 2.38 bits per heavy atom. The molecule has 13 heavy (non-hydrogen) atoms. The number of rotatable bonds is 8. The van der Waals surface area contributed by atoms with Gasteiger partial charge in [-0.25, -0.2) is 0 Å². The lowest BCUT2D eigenvalue weighted by atomic mass is 10.4. The monoisotopic (exact) mass is 189 g/mol. The van der Waals surface area contributed by atoms with Gasteiger partial charge in [-0.3, -0.25) is 4.84 Å². The number of hydrogen-bond acceptors (Lipinski definition) is 3. The highest BCUT2D eigenvalue weighted by molar-refractivity contribution is 4.41. The average molecular weight is 189 g/mol. The van der Waals surface area contributed by atoms with Gasteiger partial charge in [0.25, 0.3) is 0 Å². The van der Waals surface area contributed by atoms with Crippen LogP contribution in [0.1, 0.15) is 40.0 Å². The second-order valence-electron chi connectivity index (χ2n) is 3.20. The molecule has 80 valence electrons. The predicted molar refractivity (Wildman–Crippen MR) is 54.3 cm³/mol. The first-order chi connectivity index (χ1) is 6.22. The highest BCUT2D eigenvalue weighted by Gasteiger charge is 2.08. The summed E-state index contributed by atoms with van der Waals surface area (Å²) in [5.41, 5.74) is 0. The molecule has 0 spiro atoms. The van der Waals surface area contributed by atoms with Gasteiger partial charge in [0.1, 0.15) is 6.23 Å². The summed E-state index contributed by atoms with van der Waals surface area (Å²) in [7, 11) is 1.91.